The Kier molecular flexibility index (Phi) is 8.98. The second kappa shape index (κ2) is 9.97. The van der Waals surface area contributed by atoms with Crippen LogP contribution in [0.25, 0.3) is 0 Å². The molecule has 1 rings (SSSR count). The van der Waals surface area contributed by atoms with Crippen LogP contribution < -0.4 is 0 Å². The fourth-order valence-corrected chi connectivity index (χ4v) is 4.26. The Hall–Kier alpha value is -0.530. The van der Waals surface area contributed by atoms with Crippen LogP contribution in [0.1, 0.15) is 125 Å². The van der Waals surface area contributed by atoms with Gasteiger partial charge in [0, 0.05) is 11.8 Å². The van der Waals surface area contributed by atoms with Gasteiger partial charge in [0.05, 0.1) is 0 Å². The Bertz CT molecular complexity index is 393. The van der Waals surface area contributed by atoms with Crippen LogP contribution >= 0.6 is 0 Å². The molecule has 0 aromatic heterocycles. The Balaban J connectivity index is 2.72. The molecule has 1 heterocycles. The predicted octanol–water partition coefficient (Wildman–Crippen LogP) is 7.45. The number of cyclic esters (lactones) is 1. The van der Waals surface area contributed by atoms with Crippen molar-refractivity contribution in [2.24, 2.45) is 10.8 Å². The molecule has 0 amide bonds. The van der Waals surface area contributed by atoms with Gasteiger partial charge in [0.25, 0.3) is 0 Å². The van der Waals surface area contributed by atoms with Crippen molar-refractivity contribution >= 4 is 5.97 Å². The molecule has 0 atom stereocenters. The van der Waals surface area contributed by atoms with Crippen LogP contribution in [0.2, 0.25) is 0 Å². The van der Waals surface area contributed by atoms with E-state index in [1.807, 2.05) is 0 Å². The molecule has 1 saturated heterocycles. The third-order valence-corrected chi connectivity index (χ3v) is 6.40. The molecule has 0 unspecified atom stereocenters. The minimum atomic E-state index is -0.424. The quantitative estimate of drug-likeness (QED) is 0.423. The summed E-state index contributed by atoms with van der Waals surface area (Å²) < 4.78 is 5.95. The molecule has 0 aliphatic carbocycles. The van der Waals surface area contributed by atoms with Crippen LogP contribution in [0.15, 0.2) is 0 Å². The van der Waals surface area contributed by atoms with Crippen molar-refractivity contribution < 1.29 is 9.53 Å². The fourth-order valence-electron chi connectivity index (χ4n) is 4.26. The van der Waals surface area contributed by atoms with E-state index >= 15 is 0 Å². The Morgan fingerprint density at radius 2 is 1.12 bits per heavy atom. The first kappa shape index (κ1) is 22.5. The molecule has 0 aromatic carbocycles. The highest BCUT2D eigenvalue weighted by Crippen LogP contribution is 2.45. The van der Waals surface area contributed by atoms with E-state index in [2.05, 4.69) is 41.5 Å². The maximum absolute atomic E-state index is 12.3. The van der Waals surface area contributed by atoms with Crippen LogP contribution in [0, 0.1) is 10.8 Å². The second-order valence-electron chi connectivity index (χ2n) is 10.2. The Labute approximate surface area is 157 Å². The summed E-state index contributed by atoms with van der Waals surface area (Å²) in [5.74, 6) is -0.0167. The average molecular weight is 353 g/mol. The number of carbonyl (C=O) groups is 1. The third-order valence-electron chi connectivity index (χ3n) is 6.40. The Morgan fingerprint density at radius 1 is 0.680 bits per heavy atom. The lowest BCUT2D eigenvalue weighted by Crippen LogP contribution is -2.45. The molecule has 0 spiro atoms. The van der Waals surface area contributed by atoms with Gasteiger partial charge in [0.2, 0.25) is 0 Å². The molecule has 25 heavy (non-hydrogen) atoms. The van der Waals surface area contributed by atoms with Crippen molar-refractivity contribution in [3.63, 3.8) is 0 Å². The summed E-state index contributed by atoms with van der Waals surface area (Å²) >= 11 is 0. The van der Waals surface area contributed by atoms with E-state index in [0.717, 1.165) is 19.3 Å². The standard InChI is InChI=1S/C23H44O2/c1-21(2)18-16-14-12-10-8-7-9-11-13-15-17-20(24)25-23(5,6)22(3,4)19-21/h7-19H2,1-6H3. The first-order valence-electron chi connectivity index (χ1n) is 10.8. The lowest BCUT2D eigenvalue weighted by atomic mass is 9.65. The maximum Gasteiger partial charge on any atom is 0.306 e. The van der Waals surface area contributed by atoms with Gasteiger partial charge in [-0.05, 0) is 38.5 Å². The number of ether oxygens (including phenoxy) is 1. The summed E-state index contributed by atoms with van der Waals surface area (Å²) in [6.45, 7) is 13.5. The van der Waals surface area contributed by atoms with E-state index < -0.39 is 5.60 Å². The van der Waals surface area contributed by atoms with Gasteiger partial charge in [-0.3, -0.25) is 4.79 Å². The van der Waals surface area contributed by atoms with Crippen LogP contribution in [0.4, 0.5) is 0 Å². The summed E-state index contributed by atoms with van der Waals surface area (Å²) in [5.41, 5.74) is -0.164. The van der Waals surface area contributed by atoms with Gasteiger partial charge in [-0.2, -0.15) is 0 Å². The molecule has 1 aliphatic rings. The second-order valence-corrected chi connectivity index (χ2v) is 10.2. The van der Waals surface area contributed by atoms with Crippen LogP contribution in [-0.4, -0.2) is 11.6 Å². The van der Waals surface area contributed by atoms with Crippen LogP contribution in [0.3, 0.4) is 0 Å². The van der Waals surface area contributed by atoms with E-state index in [-0.39, 0.29) is 11.4 Å². The molecular weight excluding hydrogens is 308 g/mol. The van der Waals surface area contributed by atoms with E-state index in [0.29, 0.717) is 11.8 Å². The highest BCUT2D eigenvalue weighted by atomic mass is 16.6. The van der Waals surface area contributed by atoms with Gasteiger partial charge in [0.1, 0.15) is 5.60 Å². The summed E-state index contributed by atoms with van der Waals surface area (Å²) in [5, 5.41) is 0. The molecule has 1 fully saturated rings. The SMILES string of the molecule is CC1(C)CCCCCCCCCCCCC(=O)OC(C)(C)C(C)(C)C1. The van der Waals surface area contributed by atoms with Crippen molar-refractivity contribution in [3.8, 4) is 0 Å². The van der Waals surface area contributed by atoms with Crippen LogP contribution in [-0.2, 0) is 9.53 Å². The largest absolute Gasteiger partial charge is 0.459 e. The Morgan fingerprint density at radius 3 is 1.64 bits per heavy atom. The van der Waals surface area contributed by atoms with E-state index in [4.69, 9.17) is 4.74 Å². The van der Waals surface area contributed by atoms with Gasteiger partial charge in [-0.15, -0.1) is 0 Å². The molecule has 0 radical (unpaired) electrons. The van der Waals surface area contributed by atoms with Gasteiger partial charge >= 0.3 is 5.97 Å². The molecule has 0 bridgehead atoms. The zero-order chi connectivity index (χ0) is 19.0. The zero-order valence-electron chi connectivity index (χ0n) is 18.0. The first-order valence-corrected chi connectivity index (χ1v) is 10.8. The molecular formula is C23H44O2. The maximum atomic E-state index is 12.3. The van der Waals surface area contributed by atoms with Crippen molar-refractivity contribution in [2.75, 3.05) is 0 Å². The lowest BCUT2D eigenvalue weighted by Gasteiger charge is -2.45. The number of carbonyl (C=O) groups excluding carboxylic acids is 1. The molecule has 0 saturated carbocycles. The van der Waals surface area contributed by atoms with Gasteiger partial charge in [0.15, 0.2) is 0 Å². The van der Waals surface area contributed by atoms with E-state index in [9.17, 15) is 4.79 Å². The zero-order valence-corrected chi connectivity index (χ0v) is 18.0. The van der Waals surface area contributed by atoms with Crippen molar-refractivity contribution in [1.82, 2.24) is 0 Å². The summed E-state index contributed by atoms with van der Waals surface area (Å²) in [7, 11) is 0. The molecule has 148 valence electrons. The fraction of sp³-hybridized carbons (Fsp3) is 0.957. The highest BCUT2D eigenvalue weighted by Gasteiger charge is 2.43. The molecule has 0 aromatic rings. The predicted molar refractivity (Wildman–Crippen MR) is 108 cm³/mol. The summed E-state index contributed by atoms with van der Waals surface area (Å²) in [4.78, 5) is 12.3. The molecule has 2 heteroatoms. The van der Waals surface area contributed by atoms with E-state index in [1.165, 1.54) is 57.8 Å². The minimum Gasteiger partial charge on any atom is -0.459 e. The summed E-state index contributed by atoms with van der Waals surface area (Å²) in [6.07, 6.45) is 15.8. The normalized spacial score (nSPS) is 26.9. The molecule has 0 N–H and O–H groups in total. The number of esters is 1. The monoisotopic (exact) mass is 352 g/mol. The van der Waals surface area contributed by atoms with Crippen molar-refractivity contribution in [1.29, 1.82) is 0 Å². The van der Waals surface area contributed by atoms with Crippen molar-refractivity contribution in [2.45, 2.75) is 131 Å². The topological polar surface area (TPSA) is 26.3 Å². The number of rotatable bonds is 0. The summed E-state index contributed by atoms with van der Waals surface area (Å²) in [6, 6.07) is 0. The van der Waals surface area contributed by atoms with Gasteiger partial charge < -0.3 is 4.74 Å². The molecule has 2 nitrogen and oxygen atoms in total. The third kappa shape index (κ3) is 8.60. The van der Waals surface area contributed by atoms with E-state index in [1.54, 1.807) is 0 Å². The lowest BCUT2D eigenvalue weighted by molar-refractivity contribution is -0.171. The number of hydrogen-bond acceptors (Lipinski definition) is 2. The smallest absolute Gasteiger partial charge is 0.306 e. The van der Waals surface area contributed by atoms with Gasteiger partial charge in [-0.25, -0.2) is 0 Å². The minimum absolute atomic E-state index is 0.0167. The van der Waals surface area contributed by atoms with Crippen LogP contribution in [0.5, 0.6) is 0 Å². The molecule has 1 aliphatic heterocycles. The average Bonchev–Trinajstić information content (AvgIpc) is 2.45. The van der Waals surface area contributed by atoms with Crippen molar-refractivity contribution in [3.05, 3.63) is 0 Å². The number of hydrogen-bond donors (Lipinski definition) is 0. The highest BCUT2D eigenvalue weighted by molar-refractivity contribution is 5.69. The van der Waals surface area contributed by atoms with Gasteiger partial charge in [-0.1, -0.05) is 85.5 Å². The first-order chi connectivity index (χ1) is 11.6.